The Bertz CT molecular complexity index is 897. The number of benzene rings is 2. The zero-order chi connectivity index (χ0) is 18.5. The van der Waals surface area contributed by atoms with E-state index in [9.17, 15) is 9.18 Å². The predicted octanol–water partition coefficient (Wildman–Crippen LogP) is 3.94. The molecule has 0 radical (unpaired) electrons. The van der Waals surface area contributed by atoms with Gasteiger partial charge in [-0.3, -0.25) is 4.79 Å². The molecule has 0 aliphatic heterocycles. The number of anilines is 2. The monoisotopic (exact) mass is 350 g/mol. The van der Waals surface area contributed by atoms with Crippen LogP contribution >= 0.6 is 0 Å². The molecule has 26 heavy (non-hydrogen) atoms. The molecule has 0 saturated heterocycles. The van der Waals surface area contributed by atoms with Crippen LogP contribution in [0.4, 0.5) is 15.9 Å². The maximum atomic E-state index is 13.0. The van der Waals surface area contributed by atoms with Gasteiger partial charge in [0.05, 0.1) is 0 Å². The molecule has 1 N–H and O–H groups in total. The summed E-state index contributed by atoms with van der Waals surface area (Å²) in [5.74, 6) is 0.462. The molecule has 0 fully saturated rings. The van der Waals surface area contributed by atoms with Gasteiger partial charge in [-0.2, -0.15) is 0 Å². The molecule has 2 aromatic carbocycles. The van der Waals surface area contributed by atoms with Crippen molar-refractivity contribution in [3.8, 4) is 0 Å². The van der Waals surface area contributed by atoms with Crippen molar-refractivity contribution in [2.45, 2.75) is 13.5 Å². The Morgan fingerprint density at radius 1 is 1.08 bits per heavy atom. The van der Waals surface area contributed by atoms with Crippen molar-refractivity contribution in [1.29, 1.82) is 0 Å². The Labute approximate surface area is 151 Å². The first kappa shape index (κ1) is 17.5. The van der Waals surface area contributed by atoms with Gasteiger partial charge in [0.25, 0.3) is 5.91 Å². The first-order valence-corrected chi connectivity index (χ1v) is 8.19. The third-order valence-corrected chi connectivity index (χ3v) is 3.78. The Balaban J connectivity index is 1.77. The number of aryl methyl sites for hydroxylation is 1. The summed E-state index contributed by atoms with van der Waals surface area (Å²) >= 11 is 0. The van der Waals surface area contributed by atoms with E-state index in [1.54, 1.807) is 37.1 Å². The second kappa shape index (κ2) is 7.74. The molecule has 1 amide bonds. The van der Waals surface area contributed by atoms with Crippen LogP contribution in [0.2, 0.25) is 0 Å². The molecule has 5 nitrogen and oxygen atoms in total. The number of nitrogens with one attached hydrogen (secondary N) is 1. The van der Waals surface area contributed by atoms with E-state index in [4.69, 9.17) is 0 Å². The van der Waals surface area contributed by atoms with Crippen molar-refractivity contribution in [3.63, 3.8) is 0 Å². The average Bonchev–Trinajstić information content (AvgIpc) is 2.63. The number of halogens is 1. The van der Waals surface area contributed by atoms with E-state index >= 15 is 0 Å². The van der Waals surface area contributed by atoms with Crippen molar-refractivity contribution < 1.29 is 9.18 Å². The van der Waals surface area contributed by atoms with Gasteiger partial charge >= 0.3 is 0 Å². The van der Waals surface area contributed by atoms with Crippen LogP contribution in [0.3, 0.4) is 0 Å². The van der Waals surface area contributed by atoms with E-state index in [2.05, 4.69) is 15.3 Å². The van der Waals surface area contributed by atoms with Crippen molar-refractivity contribution in [2.75, 3.05) is 12.4 Å². The summed E-state index contributed by atoms with van der Waals surface area (Å²) < 4.78 is 13.0. The maximum absolute atomic E-state index is 13.0. The van der Waals surface area contributed by atoms with Crippen molar-refractivity contribution in [3.05, 3.63) is 83.6 Å². The van der Waals surface area contributed by atoms with Gasteiger partial charge in [0.1, 0.15) is 23.2 Å². The maximum Gasteiger partial charge on any atom is 0.272 e. The first-order chi connectivity index (χ1) is 12.5. The van der Waals surface area contributed by atoms with Crippen molar-refractivity contribution in [2.24, 2.45) is 0 Å². The molecular weight excluding hydrogens is 331 g/mol. The highest BCUT2D eigenvalue weighted by Gasteiger charge is 2.15. The third-order valence-electron chi connectivity index (χ3n) is 3.78. The summed E-state index contributed by atoms with van der Waals surface area (Å²) in [7, 11) is 1.74. The highest BCUT2D eigenvalue weighted by Crippen LogP contribution is 2.17. The zero-order valence-corrected chi connectivity index (χ0v) is 14.6. The minimum atomic E-state index is -0.312. The molecule has 6 heteroatoms. The molecule has 0 atom stereocenters. The number of carbonyl (C=O) groups excluding carboxylic acids is 1. The summed E-state index contributed by atoms with van der Waals surface area (Å²) in [6, 6.07) is 17.3. The van der Waals surface area contributed by atoms with Crippen LogP contribution in [0, 0.1) is 12.7 Å². The quantitative estimate of drug-likeness (QED) is 0.757. The lowest BCUT2D eigenvalue weighted by atomic mass is 10.2. The standard InChI is InChI=1S/C20H19FN4O/c1-14-22-18(20(26)25(2)13-15-6-4-3-5-7-15)12-19(23-14)24-17-10-8-16(21)9-11-17/h3-12H,13H2,1-2H3,(H,22,23,24). The second-order valence-electron chi connectivity index (χ2n) is 5.96. The van der Waals surface area contributed by atoms with Crippen LogP contribution in [-0.2, 0) is 6.54 Å². The van der Waals surface area contributed by atoms with E-state index < -0.39 is 0 Å². The van der Waals surface area contributed by atoms with E-state index in [-0.39, 0.29) is 11.7 Å². The molecule has 0 aliphatic carbocycles. The Kier molecular flexibility index (Phi) is 5.22. The van der Waals surface area contributed by atoms with Crippen LogP contribution in [0.5, 0.6) is 0 Å². The van der Waals surface area contributed by atoms with E-state index in [0.29, 0.717) is 29.6 Å². The molecule has 0 spiro atoms. The fourth-order valence-electron chi connectivity index (χ4n) is 2.55. The van der Waals surface area contributed by atoms with Crippen molar-refractivity contribution in [1.82, 2.24) is 14.9 Å². The molecule has 132 valence electrons. The van der Waals surface area contributed by atoms with Gasteiger partial charge in [0.2, 0.25) is 0 Å². The average molecular weight is 350 g/mol. The predicted molar refractivity (Wildman–Crippen MR) is 98.7 cm³/mol. The Hall–Kier alpha value is -3.28. The molecule has 0 saturated carbocycles. The lowest BCUT2D eigenvalue weighted by Gasteiger charge is -2.17. The molecule has 0 unspecified atom stereocenters. The number of aromatic nitrogens is 2. The lowest BCUT2D eigenvalue weighted by Crippen LogP contribution is -2.27. The largest absolute Gasteiger partial charge is 0.340 e. The molecule has 3 rings (SSSR count). The first-order valence-electron chi connectivity index (χ1n) is 8.19. The highest BCUT2D eigenvalue weighted by molar-refractivity contribution is 5.93. The van der Waals surface area contributed by atoms with Crippen LogP contribution < -0.4 is 5.32 Å². The molecule has 0 aliphatic rings. The number of hydrogen-bond acceptors (Lipinski definition) is 4. The van der Waals surface area contributed by atoms with Crippen molar-refractivity contribution >= 4 is 17.4 Å². The Morgan fingerprint density at radius 2 is 1.77 bits per heavy atom. The van der Waals surface area contributed by atoms with Crippen LogP contribution in [0.1, 0.15) is 21.9 Å². The zero-order valence-electron chi connectivity index (χ0n) is 14.6. The van der Waals surface area contributed by atoms with Gasteiger partial charge in [-0.1, -0.05) is 30.3 Å². The minimum Gasteiger partial charge on any atom is -0.340 e. The minimum absolute atomic E-state index is 0.193. The van der Waals surface area contributed by atoms with Crippen LogP contribution in [-0.4, -0.2) is 27.8 Å². The number of carbonyl (C=O) groups is 1. The third kappa shape index (κ3) is 4.42. The van der Waals surface area contributed by atoms with E-state index in [1.165, 1.54) is 12.1 Å². The van der Waals surface area contributed by atoms with E-state index in [1.807, 2.05) is 30.3 Å². The van der Waals surface area contributed by atoms with Crippen LogP contribution in [0.15, 0.2) is 60.7 Å². The molecular formula is C20H19FN4O. The topological polar surface area (TPSA) is 58.1 Å². The smallest absolute Gasteiger partial charge is 0.272 e. The summed E-state index contributed by atoms with van der Waals surface area (Å²) in [6.07, 6.45) is 0. The van der Waals surface area contributed by atoms with Gasteiger partial charge in [-0.05, 0) is 36.8 Å². The summed E-state index contributed by atoms with van der Waals surface area (Å²) in [4.78, 5) is 22.9. The van der Waals surface area contributed by atoms with Gasteiger partial charge in [-0.25, -0.2) is 14.4 Å². The molecule has 3 aromatic rings. The molecule has 1 aromatic heterocycles. The molecule has 1 heterocycles. The summed E-state index contributed by atoms with van der Waals surface area (Å²) in [5.41, 5.74) is 2.03. The Morgan fingerprint density at radius 3 is 2.46 bits per heavy atom. The fraction of sp³-hybridized carbons (Fsp3) is 0.150. The number of rotatable bonds is 5. The van der Waals surface area contributed by atoms with Gasteiger partial charge in [0.15, 0.2) is 0 Å². The van der Waals surface area contributed by atoms with Crippen LogP contribution in [0.25, 0.3) is 0 Å². The SMILES string of the molecule is Cc1nc(Nc2ccc(F)cc2)cc(C(=O)N(C)Cc2ccccc2)n1. The highest BCUT2D eigenvalue weighted by atomic mass is 19.1. The summed E-state index contributed by atoms with van der Waals surface area (Å²) in [5, 5.41) is 3.07. The van der Waals surface area contributed by atoms with Gasteiger partial charge in [-0.15, -0.1) is 0 Å². The van der Waals surface area contributed by atoms with Gasteiger partial charge < -0.3 is 10.2 Å². The van der Waals surface area contributed by atoms with E-state index in [0.717, 1.165) is 5.56 Å². The normalized spacial score (nSPS) is 10.4. The number of nitrogens with zero attached hydrogens (tertiary/aromatic N) is 3. The summed E-state index contributed by atoms with van der Waals surface area (Å²) in [6.45, 7) is 2.22. The molecule has 0 bridgehead atoms. The number of amides is 1. The second-order valence-corrected chi connectivity index (χ2v) is 5.96. The fourth-order valence-corrected chi connectivity index (χ4v) is 2.55. The number of hydrogen-bond donors (Lipinski definition) is 1. The lowest BCUT2D eigenvalue weighted by molar-refractivity contribution is 0.0779. The van der Waals surface area contributed by atoms with Gasteiger partial charge in [0, 0.05) is 25.3 Å².